The Morgan fingerprint density at radius 2 is 1.58 bits per heavy atom. The standard InChI is InChI=1S/C28H44Cl2Si/c1-2-3-6-19-31-20-17-26(18-21-31)25-13-9-23(10-14-25)7-4-5-8-24-11-15-27(16-12-24)28(30)22-29/h11-12,15-16,22-23,25-26,31H,2-10,13-14,17-21H2,1H3/b28-22-. The van der Waals surface area contributed by atoms with Gasteiger partial charge in [-0.1, -0.05) is 130 Å². The van der Waals surface area contributed by atoms with E-state index in [0.29, 0.717) is 5.03 Å². The maximum atomic E-state index is 6.08. The van der Waals surface area contributed by atoms with Gasteiger partial charge < -0.3 is 0 Å². The first-order chi connectivity index (χ1) is 15.2. The van der Waals surface area contributed by atoms with E-state index in [4.69, 9.17) is 23.2 Å². The van der Waals surface area contributed by atoms with E-state index in [1.165, 1.54) is 81.7 Å². The van der Waals surface area contributed by atoms with Crippen LogP contribution < -0.4 is 0 Å². The Balaban J connectivity index is 1.26. The molecule has 3 rings (SSSR count). The topological polar surface area (TPSA) is 0 Å². The molecule has 1 aliphatic heterocycles. The largest absolute Gasteiger partial charge is 0.0913 e. The zero-order valence-electron chi connectivity index (χ0n) is 19.8. The highest BCUT2D eigenvalue weighted by Gasteiger charge is 2.30. The lowest BCUT2D eigenvalue weighted by Gasteiger charge is -2.37. The fraction of sp³-hybridized carbons (Fsp3) is 0.714. The SMILES string of the molecule is CCCCC[SiH]1CCC(C2CCC(CCCCc3ccc(/C(Cl)=C/Cl)cc3)CC2)CC1. The molecule has 0 N–H and O–H groups in total. The van der Waals surface area contributed by atoms with Crippen molar-refractivity contribution in [2.75, 3.05) is 0 Å². The first kappa shape index (κ1) is 25.4. The summed E-state index contributed by atoms with van der Waals surface area (Å²) in [5, 5.41) is 0.617. The zero-order valence-corrected chi connectivity index (χ0v) is 22.4. The zero-order chi connectivity index (χ0) is 21.9. The molecule has 3 heteroatoms. The predicted molar refractivity (Wildman–Crippen MR) is 143 cm³/mol. The van der Waals surface area contributed by atoms with Crippen LogP contribution in [-0.2, 0) is 6.42 Å². The minimum absolute atomic E-state index is 0.333. The highest BCUT2D eigenvalue weighted by atomic mass is 35.5. The van der Waals surface area contributed by atoms with Gasteiger partial charge in [-0.2, -0.15) is 0 Å². The molecule has 1 saturated carbocycles. The smallest absolute Gasteiger partial charge is 0.0591 e. The Morgan fingerprint density at radius 1 is 0.903 bits per heavy atom. The molecule has 0 radical (unpaired) electrons. The van der Waals surface area contributed by atoms with Crippen molar-refractivity contribution in [3.8, 4) is 0 Å². The number of aryl methyl sites for hydroxylation is 1. The van der Waals surface area contributed by atoms with Crippen LogP contribution in [0.25, 0.3) is 5.03 Å². The summed E-state index contributed by atoms with van der Waals surface area (Å²) in [7, 11) is -0.333. The lowest BCUT2D eigenvalue weighted by Crippen LogP contribution is -2.28. The van der Waals surface area contributed by atoms with Gasteiger partial charge in [0, 0.05) is 14.3 Å². The van der Waals surface area contributed by atoms with Gasteiger partial charge in [0.1, 0.15) is 0 Å². The van der Waals surface area contributed by atoms with Crippen molar-refractivity contribution in [2.24, 2.45) is 17.8 Å². The first-order valence-electron chi connectivity index (χ1n) is 13.2. The molecule has 2 fully saturated rings. The average Bonchev–Trinajstić information content (AvgIpc) is 2.83. The summed E-state index contributed by atoms with van der Waals surface area (Å²) >= 11 is 11.8. The van der Waals surface area contributed by atoms with Gasteiger partial charge in [-0.25, -0.2) is 0 Å². The molecule has 174 valence electrons. The van der Waals surface area contributed by atoms with Crippen molar-refractivity contribution in [3.05, 3.63) is 40.9 Å². The molecule has 1 saturated heterocycles. The van der Waals surface area contributed by atoms with Crippen molar-refractivity contribution in [2.45, 2.75) is 109 Å². The molecule has 1 aliphatic carbocycles. The van der Waals surface area contributed by atoms with E-state index >= 15 is 0 Å². The van der Waals surface area contributed by atoms with Gasteiger partial charge in [0.05, 0.1) is 5.03 Å². The summed E-state index contributed by atoms with van der Waals surface area (Å²) in [6.07, 6.45) is 19.0. The van der Waals surface area contributed by atoms with Crippen molar-refractivity contribution in [1.29, 1.82) is 0 Å². The maximum Gasteiger partial charge on any atom is 0.0591 e. The average molecular weight is 480 g/mol. The van der Waals surface area contributed by atoms with Gasteiger partial charge in [-0.05, 0) is 54.6 Å². The van der Waals surface area contributed by atoms with E-state index in [-0.39, 0.29) is 8.80 Å². The van der Waals surface area contributed by atoms with Crippen molar-refractivity contribution in [3.63, 3.8) is 0 Å². The van der Waals surface area contributed by atoms with Gasteiger partial charge in [0.2, 0.25) is 0 Å². The van der Waals surface area contributed by atoms with Crippen LogP contribution in [0.15, 0.2) is 29.8 Å². The summed E-state index contributed by atoms with van der Waals surface area (Å²) in [5.74, 6) is 3.18. The van der Waals surface area contributed by atoms with Gasteiger partial charge in [0.15, 0.2) is 0 Å². The first-order valence-corrected chi connectivity index (χ1v) is 16.5. The van der Waals surface area contributed by atoms with Crippen molar-refractivity contribution in [1.82, 2.24) is 0 Å². The lowest BCUT2D eigenvalue weighted by atomic mass is 9.73. The molecule has 0 amide bonds. The molecule has 0 atom stereocenters. The monoisotopic (exact) mass is 478 g/mol. The fourth-order valence-corrected chi connectivity index (χ4v) is 10.0. The number of benzene rings is 1. The normalized spacial score (nSPS) is 27.4. The van der Waals surface area contributed by atoms with Crippen LogP contribution in [0.2, 0.25) is 18.1 Å². The van der Waals surface area contributed by atoms with Crippen molar-refractivity contribution < 1.29 is 0 Å². The van der Waals surface area contributed by atoms with Crippen LogP contribution in [0.3, 0.4) is 0 Å². The lowest BCUT2D eigenvalue weighted by molar-refractivity contribution is 0.184. The molecule has 1 heterocycles. The predicted octanol–water partition coefficient (Wildman–Crippen LogP) is 9.81. The third-order valence-corrected chi connectivity index (χ3v) is 12.5. The Kier molecular flexibility index (Phi) is 11.6. The minimum atomic E-state index is -0.333. The van der Waals surface area contributed by atoms with E-state index in [9.17, 15) is 0 Å². The fourth-order valence-electron chi connectivity index (χ4n) is 6.24. The number of hydrogen-bond acceptors (Lipinski definition) is 0. The quantitative estimate of drug-likeness (QED) is 0.219. The number of rotatable bonds is 11. The molecule has 0 spiro atoms. The molecule has 2 aliphatic rings. The van der Waals surface area contributed by atoms with Crippen LogP contribution in [0, 0.1) is 17.8 Å². The number of unbranched alkanes of at least 4 members (excludes halogenated alkanes) is 3. The summed E-state index contributed by atoms with van der Waals surface area (Å²) in [6, 6.07) is 13.6. The molecule has 1 aromatic carbocycles. The summed E-state index contributed by atoms with van der Waals surface area (Å²) < 4.78 is 0. The van der Waals surface area contributed by atoms with E-state index < -0.39 is 0 Å². The second kappa shape index (κ2) is 14.1. The third kappa shape index (κ3) is 8.56. The number of halogens is 2. The van der Waals surface area contributed by atoms with Crippen LogP contribution >= 0.6 is 23.2 Å². The molecule has 0 bridgehead atoms. The summed E-state index contributed by atoms with van der Waals surface area (Å²) in [5.41, 5.74) is 3.86. The van der Waals surface area contributed by atoms with Gasteiger partial charge in [0.25, 0.3) is 0 Å². The molecule has 1 aromatic rings. The third-order valence-electron chi connectivity index (χ3n) is 8.32. The van der Waals surface area contributed by atoms with Crippen LogP contribution in [0.4, 0.5) is 0 Å². The van der Waals surface area contributed by atoms with E-state index in [2.05, 4.69) is 31.2 Å². The highest BCUT2D eigenvalue weighted by Crippen LogP contribution is 2.42. The molecular formula is C28H44Cl2Si. The van der Waals surface area contributed by atoms with E-state index in [1.54, 1.807) is 31.0 Å². The highest BCUT2D eigenvalue weighted by molar-refractivity contribution is 6.59. The molecule has 31 heavy (non-hydrogen) atoms. The molecule has 0 unspecified atom stereocenters. The van der Waals surface area contributed by atoms with Crippen LogP contribution in [0.1, 0.15) is 95.1 Å². The Labute approximate surface area is 203 Å². The van der Waals surface area contributed by atoms with Gasteiger partial charge >= 0.3 is 0 Å². The summed E-state index contributed by atoms with van der Waals surface area (Å²) in [4.78, 5) is 0. The Bertz CT molecular complexity index is 637. The maximum absolute atomic E-state index is 6.08. The molecular weight excluding hydrogens is 435 g/mol. The van der Waals surface area contributed by atoms with Crippen LogP contribution in [-0.4, -0.2) is 8.80 Å². The summed E-state index contributed by atoms with van der Waals surface area (Å²) in [6.45, 7) is 2.34. The Hall–Kier alpha value is -0.243. The molecule has 0 aromatic heterocycles. The molecule has 0 nitrogen and oxygen atoms in total. The second-order valence-electron chi connectivity index (χ2n) is 10.5. The van der Waals surface area contributed by atoms with Gasteiger partial charge in [-0.3, -0.25) is 0 Å². The number of hydrogen-bond donors (Lipinski definition) is 0. The van der Waals surface area contributed by atoms with Crippen LogP contribution in [0.5, 0.6) is 0 Å². The van der Waals surface area contributed by atoms with E-state index in [0.717, 1.165) is 23.3 Å². The Morgan fingerprint density at radius 3 is 2.23 bits per heavy atom. The second-order valence-corrected chi connectivity index (χ2v) is 14.5. The minimum Gasteiger partial charge on any atom is -0.0913 e. The van der Waals surface area contributed by atoms with E-state index in [1.807, 2.05) is 0 Å². The van der Waals surface area contributed by atoms with Crippen molar-refractivity contribution >= 4 is 37.0 Å². The van der Waals surface area contributed by atoms with Gasteiger partial charge in [-0.15, -0.1) is 0 Å².